The van der Waals surface area contributed by atoms with Crippen molar-refractivity contribution in [2.75, 3.05) is 20.7 Å². The van der Waals surface area contributed by atoms with Gasteiger partial charge in [-0.25, -0.2) is 9.79 Å². The number of ether oxygens (including phenoxy) is 2. The van der Waals surface area contributed by atoms with Crippen LogP contribution >= 0.6 is 0 Å². The van der Waals surface area contributed by atoms with Crippen LogP contribution in [0.4, 0.5) is 4.79 Å². The molecule has 0 fully saturated rings. The molecule has 0 aliphatic heterocycles. The van der Waals surface area contributed by atoms with E-state index in [9.17, 15) is 4.79 Å². The molecule has 0 aliphatic rings. The predicted molar refractivity (Wildman–Crippen MR) is 76.1 cm³/mol. The summed E-state index contributed by atoms with van der Waals surface area (Å²) >= 11 is 0. The highest BCUT2D eigenvalue weighted by Gasteiger charge is 2.18. The van der Waals surface area contributed by atoms with Crippen LogP contribution in [0, 0.1) is 0 Å². The lowest BCUT2D eigenvalue weighted by atomic mass is 10.2. The van der Waals surface area contributed by atoms with Crippen LogP contribution in [-0.4, -0.2) is 49.4 Å². The van der Waals surface area contributed by atoms with Gasteiger partial charge in [0, 0.05) is 20.4 Å². The van der Waals surface area contributed by atoms with Gasteiger partial charge in [-0.1, -0.05) is 6.58 Å². The summed E-state index contributed by atoms with van der Waals surface area (Å²) in [6.45, 7) is 11.1. The smallest absolute Gasteiger partial charge is 0.408 e. The van der Waals surface area contributed by atoms with E-state index in [1.165, 1.54) is 6.20 Å². The number of aliphatic imine (C=N–C) groups is 1. The predicted octanol–water partition coefficient (Wildman–Crippen LogP) is 1.98. The topological polar surface area (TPSA) is 63.2 Å². The van der Waals surface area contributed by atoms with Crippen molar-refractivity contribution in [1.82, 2.24) is 10.2 Å². The normalized spacial score (nSPS) is 13.7. The second kappa shape index (κ2) is 7.78. The van der Waals surface area contributed by atoms with Crippen molar-refractivity contribution < 1.29 is 14.3 Å². The molecule has 6 nitrogen and oxygen atoms in total. The van der Waals surface area contributed by atoms with Gasteiger partial charge in [-0.05, 0) is 27.7 Å². The minimum Gasteiger partial charge on any atom is -0.444 e. The number of likely N-dealkylation sites (N-methyl/N-ethyl adjacent to an activating group) is 1. The first kappa shape index (κ1) is 17.4. The minimum absolute atomic E-state index is 0.154. The Morgan fingerprint density at radius 3 is 2.53 bits per heavy atom. The quantitative estimate of drug-likeness (QED) is 0.472. The van der Waals surface area contributed by atoms with E-state index in [0.717, 1.165) is 0 Å². The van der Waals surface area contributed by atoms with Crippen LogP contribution in [-0.2, 0) is 9.47 Å². The highest BCUT2D eigenvalue weighted by molar-refractivity contribution is 5.87. The van der Waals surface area contributed by atoms with E-state index in [1.807, 2.05) is 34.7 Å². The molecule has 0 aromatic heterocycles. The molecule has 0 spiro atoms. The molecule has 1 atom stereocenters. The number of nitrogens with one attached hydrogen (secondary N) is 1. The maximum absolute atomic E-state index is 11.6. The Morgan fingerprint density at radius 1 is 1.53 bits per heavy atom. The van der Waals surface area contributed by atoms with Crippen molar-refractivity contribution in [2.45, 2.75) is 39.5 Å². The molecule has 1 amide bonds. The van der Waals surface area contributed by atoms with Crippen LogP contribution in [0.2, 0.25) is 0 Å². The van der Waals surface area contributed by atoms with E-state index in [4.69, 9.17) is 9.47 Å². The van der Waals surface area contributed by atoms with Crippen LogP contribution in [0.15, 0.2) is 17.8 Å². The van der Waals surface area contributed by atoms with Crippen LogP contribution in [0.25, 0.3) is 0 Å². The first-order valence-electron chi connectivity index (χ1n) is 6.11. The van der Waals surface area contributed by atoms with Crippen molar-refractivity contribution in [3.8, 4) is 0 Å². The summed E-state index contributed by atoms with van der Waals surface area (Å²) in [6, 6.07) is 0. The fourth-order valence-corrected chi connectivity index (χ4v) is 1.20. The highest BCUT2D eigenvalue weighted by atomic mass is 16.6. The van der Waals surface area contributed by atoms with Gasteiger partial charge in [-0.2, -0.15) is 0 Å². The summed E-state index contributed by atoms with van der Waals surface area (Å²) in [6.07, 6.45) is 0.784. The number of amidine groups is 1. The molecule has 0 rings (SSSR count). The molecule has 0 aromatic rings. The molecule has 0 heterocycles. The van der Waals surface area contributed by atoms with Gasteiger partial charge in [-0.15, -0.1) is 0 Å². The Bertz CT molecular complexity index is 335. The third-order valence-corrected chi connectivity index (χ3v) is 2.32. The van der Waals surface area contributed by atoms with Gasteiger partial charge in [0.05, 0.1) is 6.54 Å². The summed E-state index contributed by atoms with van der Waals surface area (Å²) in [5.41, 5.74) is -0.522. The zero-order valence-electron chi connectivity index (χ0n) is 12.7. The Labute approximate surface area is 115 Å². The van der Waals surface area contributed by atoms with Crippen LogP contribution < -0.4 is 5.32 Å². The maximum Gasteiger partial charge on any atom is 0.408 e. The van der Waals surface area contributed by atoms with Crippen LogP contribution in [0.1, 0.15) is 27.7 Å². The first-order valence-corrected chi connectivity index (χ1v) is 6.11. The van der Waals surface area contributed by atoms with Gasteiger partial charge < -0.3 is 19.7 Å². The third-order valence-electron chi connectivity index (χ3n) is 2.32. The Morgan fingerprint density at radius 2 is 2.11 bits per heavy atom. The Kier molecular flexibility index (Phi) is 7.14. The summed E-state index contributed by atoms with van der Waals surface area (Å²) in [5, 5.41) is 2.65. The number of hydrogen-bond donors (Lipinski definition) is 1. The third kappa shape index (κ3) is 7.46. The average molecular weight is 271 g/mol. The van der Waals surface area contributed by atoms with Crippen molar-refractivity contribution >= 4 is 11.9 Å². The van der Waals surface area contributed by atoms with Gasteiger partial charge in [0.15, 0.2) is 0 Å². The van der Waals surface area contributed by atoms with Gasteiger partial charge in [0.2, 0.25) is 0 Å². The number of methoxy groups -OCH3 is 1. The number of alkyl carbamates (subject to hydrolysis) is 1. The van der Waals surface area contributed by atoms with Crippen LogP contribution in [0.3, 0.4) is 0 Å². The molecule has 110 valence electrons. The van der Waals surface area contributed by atoms with Gasteiger partial charge in [-0.3, -0.25) is 0 Å². The first-order chi connectivity index (χ1) is 8.71. The van der Waals surface area contributed by atoms with E-state index in [2.05, 4.69) is 16.9 Å². The lowest BCUT2D eigenvalue weighted by molar-refractivity contribution is 0.0333. The number of carbonyl (C=O) groups excluding carboxylic acids is 1. The zero-order valence-corrected chi connectivity index (χ0v) is 12.7. The Balaban J connectivity index is 4.50. The van der Waals surface area contributed by atoms with E-state index in [0.29, 0.717) is 5.84 Å². The van der Waals surface area contributed by atoms with E-state index in [-0.39, 0.29) is 12.8 Å². The summed E-state index contributed by atoms with van der Waals surface area (Å²) in [7, 11) is 3.43. The van der Waals surface area contributed by atoms with Crippen molar-refractivity contribution in [2.24, 2.45) is 4.99 Å². The molecule has 0 saturated carbocycles. The number of rotatable bonds is 5. The molecular formula is C13H25N3O3. The summed E-state index contributed by atoms with van der Waals surface area (Å²) in [5.74, 6) is 0.634. The molecule has 1 N–H and O–H groups in total. The lowest BCUT2D eigenvalue weighted by Gasteiger charge is -2.27. The molecule has 0 aromatic carbocycles. The molecule has 19 heavy (non-hydrogen) atoms. The second-order valence-electron chi connectivity index (χ2n) is 5.03. The summed E-state index contributed by atoms with van der Waals surface area (Å²) < 4.78 is 10.3. The molecule has 1 unspecified atom stereocenters. The maximum atomic E-state index is 11.6. The van der Waals surface area contributed by atoms with E-state index < -0.39 is 11.7 Å². The largest absolute Gasteiger partial charge is 0.444 e. The van der Waals surface area contributed by atoms with Crippen molar-refractivity contribution in [1.29, 1.82) is 0 Å². The number of nitrogens with zero attached hydrogens (tertiary/aromatic N) is 2. The highest BCUT2D eigenvalue weighted by Crippen LogP contribution is 2.06. The van der Waals surface area contributed by atoms with Gasteiger partial charge in [0.25, 0.3) is 0 Å². The van der Waals surface area contributed by atoms with Crippen molar-refractivity contribution in [3.63, 3.8) is 0 Å². The monoisotopic (exact) mass is 271 g/mol. The average Bonchev–Trinajstić information content (AvgIpc) is 2.30. The molecular weight excluding hydrogens is 246 g/mol. The molecule has 6 heteroatoms. The van der Waals surface area contributed by atoms with Gasteiger partial charge in [0.1, 0.15) is 17.7 Å². The molecule has 0 saturated heterocycles. The summed E-state index contributed by atoms with van der Waals surface area (Å²) in [4.78, 5) is 17.5. The Hall–Kier alpha value is -1.56. The second-order valence-corrected chi connectivity index (χ2v) is 5.03. The number of amides is 1. The number of carbonyl (C=O) groups is 1. The van der Waals surface area contributed by atoms with E-state index in [1.54, 1.807) is 12.0 Å². The lowest BCUT2D eigenvalue weighted by Crippen LogP contribution is -2.44. The number of hydrogen-bond acceptors (Lipinski definition) is 4. The fourth-order valence-electron chi connectivity index (χ4n) is 1.20. The fraction of sp³-hybridized carbons (Fsp3) is 0.692. The minimum atomic E-state index is -0.522. The van der Waals surface area contributed by atoms with Crippen molar-refractivity contribution in [3.05, 3.63) is 12.8 Å². The van der Waals surface area contributed by atoms with Gasteiger partial charge >= 0.3 is 6.09 Å². The van der Waals surface area contributed by atoms with E-state index >= 15 is 0 Å². The molecule has 0 aliphatic carbocycles. The van der Waals surface area contributed by atoms with Crippen LogP contribution in [0.5, 0.6) is 0 Å². The molecule has 0 bridgehead atoms. The SMILES string of the molecule is C=C/N=C(/CNC(=O)OC(C)(C)C)N(C)C(C)OC. The zero-order chi connectivity index (χ0) is 15.1. The standard InChI is InChI=1S/C13H25N3O3/c1-8-14-11(16(6)10(2)18-7)9-15-12(17)19-13(3,4)5/h8,10H,1,9H2,2-7H3,(H,15,17)/b14-11-. The molecule has 0 radical (unpaired) electrons.